The summed E-state index contributed by atoms with van der Waals surface area (Å²) in [6, 6.07) is 2.34. The van der Waals surface area contributed by atoms with Crippen molar-refractivity contribution in [2.75, 3.05) is 13.1 Å². The van der Waals surface area contributed by atoms with Crippen LogP contribution in [0.3, 0.4) is 0 Å². The average molecular weight is 264 g/mol. The molecule has 1 saturated heterocycles. The van der Waals surface area contributed by atoms with E-state index in [1.165, 1.54) is 31.6 Å². The first-order chi connectivity index (χ1) is 8.95. The van der Waals surface area contributed by atoms with Gasteiger partial charge in [0.1, 0.15) is 0 Å². The second-order valence-corrected chi connectivity index (χ2v) is 6.26. The van der Waals surface area contributed by atoms with Gasteiger partial charge in [0.25, 0.3) is 0 Å². The Morgan fingerprint density at radius 2 is 2.00 bits per heavy atom. The topological polar surface area (TPSA) is 47.1 Å². The van der Waals surface area contributed by atoms with Gasteiger partial charge >= 0.3 is 0 Å². The van der Waals surface area contributed by atoms with Crippen molar-refractivity contribution < 1.29 is 0 Å². The molecule has 2 N–H and O–H groups in total. The van der Waals surface area contributed by atoms with Crippen molar-refractivity contribution in [1.82, 2.24) is 14.7 Å². The van der Waals surface area contributed by atoms with Crippen LogP contribution in [0.4, 0.5) is 0 Å². The molecule has 0 radical (unpaired) electrons. The number of rotatable bonds is 5. The highest BCUT2D eigenvalue weighted by molar-refractivity contribution is 5.13. The van der Waals surface area contributed by atoms with Gasteiger partial charge < -0.3 is 5.73 Å². The normalized spacial score (nSPS) is 19.0. The second-order valence-electron chi connectivity index (χ2n) is 6.26. The van der Waals surface area contributed by atoms with E-state index in [1.807, 2.05) is 11.7 Å². The Morgan fingerprint density at radius 1 is 1.37 bits per heavy atom. The lowest BCUT2D eigenvalue weighted by Gasteiger charge is -2.40. The van der Waals surface area contributed by atoms with E-state index in [1.54, 1.807) is 0 Å². The van der Waals surface area contributed by atoms with Crippen LogP contribution < -0.4 is 5.73 Å². The molecule has 19 heavy (non-hydrogen) atoms. The predicted molar refractivity (Wildman–Crippen MR) is 79.2 cm³/mol. The maximum atomic E-state index is 6.50. The number of nitrogens with two attached hydrogens (primary N) is 1. The largest absolute Gasteiger partial charge is 0.326 e. The molecular formula is C15H28N4. The van der Waals surface area contributed by atoms with Crippen LogP contribution >= 0.6 is 0 Å². The van der Waals surface area contributed by atoms with Crippen molar-refractivity contribution in [3.05, 3.63) is 17.5 Å². The third-order valence-electron chi connectivity index (χ3n) is 4.65. The monoisotopic (exact) mass is 264 g/mol. The maximum Gasteiger partial charge on any atom is 0.0624 e. The number of hydrogen-bond donors (Lipinski definition) is 1. The molecule has 0 bridgehead atoms. The minimum atomic E-state index is 0.0626. The van der Waals surface area contributed by atoms with Crippen LogP contribution in [-0.4, -0.2) is 39.4 Å². The van der Waals surface area contributed by atoms with Gasteiger partial charge in [0.05, 0.1) is 5.69 Å². The van der Waals surface area contributed by atoms with Crippen LogP contribution in [0, 0.1) is 0 Å². The lowest BCUT2D eigenvalue weighted by molar-refractivity contribution is 0.123. The van der Waals surface area contributed by atoms with Crippen molar-refractivity contribution in [2.24, 2.45) is 12.8 Å². The summed E-state index contributed by atoms with van der Waals surface area (Å²) in [5.41, 5.74) is 8.97. The highest BCUT2D eigenvalue weighted by Gasteiger charge is 2.35. The molecule has 2 rings (SSSR count). The Balaban J connectivity index is 2.06. The lowest BCUT2D eigenvalue weighted by atomic mass is 9.90. The zero-order chi connectivity index (χ0) is 14.0. The standard InChI is InChI=1S/C15H28N4/c1-5-12-10-13(18(4)17-12)11-14(16)15(2,3)19-8-6-7-9-19/h10,14H,5-9,11,16H2,1-4H3. The molecule has 1 aromatic heterocycles. The van der Waals surface area contributed by atoms with E-state index < -0.39 is 0 Å². The molecular weight excluding hydrogens is 236 g/mol. The highest BCUT2D eigenvalue weighted by atomic mass is 15.3. The molecule has 1 aliphatic heterocycles. The van der Waals surface area contributed by atoms with Crippen molar-refractivity contribution in [1.29, 1.82) is 0 Å². The van der Waals surface area contributed by atoms with Crippen LogP contribution in [0.5, 0.6) is 0 Å². The quantitative estimate of drug-likeness (QED) is 0.881. The molecule has 1 unspecified atom stereocenters. The molecule has 1 aromatic rings. The summed E-state index contributed by atoms with van der Waals surface area (Å²) < 4.78 is 1.98. The number of likely N-dealkylation sites (tertiary alicyclic amines) is 1. The van der Waals surface area contributed by atoms with Gasteiger partial charge in [-0.1, -0.05) is 6.92 Å². The maximum absolute atomic E-state index is 6.50. The first-order valence-corrected chi connectivity index (χ1v) is 7.47. The van der Waals surface area contributed by atoms with E-state index in [4.69, 9.17) is 5.73 Å². The molecule has 108 valence electrons. The summed E-state index contributed by atoms with van der Waals surface area (Å²) in [5, 5.41) is 4.51. The SMILES string of the molecule is CCc1cc(CC(N)C(C)(C)N2CCCC2)n(C)n1. The third kappa shape index (κ3) is 3.00. The summed E-state index contributed by atoms with van der Waals surface area (Å²) in [7, 11) is 2.02. The van der Waals surface area contributed by atoms with Gasteiger partial charge in [0.15, 0.2) is 0 Å². The van der Waals surface area contributed by atoms with E-state index in [9.17, 15) is 0 Å². The van der Waals surface area contributed by atoms with Gasteiger partial charge in [-0.2, -0.15) is 5.10 Å². The zero-order valence-electron chi connectivity index (χ0n) is 12.8. The molecule has 0 saturated carbocycles. The molecule has 4 nitrogen and oxygen atoms in total. The van der Waals surface area contributed by atoms with Crippen LogP contribution in [0.2, 0.25) is 0 Å². The van der Waals surface area contributed by atoms with Gasteiger partial charge in [0, 0.05) is 30.7 Å². The summed E-state index contributed by atoms with van der Waals surface area (Å²) >= 11 is 0. The number of hydrogen-bond acceptors (Lipinski definition) is 3. The number of nitrogens with zero attached hydrogens (tertiary/aromatic N) is 3. The Kier molecular flexibility index (Phi) is 4.31. The number of aryl methyl sites for hydroxylation is 2. The lowest BCUT2D eigenvalue weighted by Crippen LogP contribution is -2.56. The van der Waals surface area contributed by atoms with Gasteiger partial charge in [-0.3, -0.25) is 9.58 Å². The van der Waals surface area contributed by atoms with Crippen molar-refractivity contribution in [3.63, 3.8) is 0 Å². The van der Waals surface area contributed by atoms with E-state index in [0.717, 1.165) is 18.5 Å². The zero-order valence-corrected chi connectivity index (χ0v) is 12.8. The van der Waals surface area contributed by atoms with Crippen molar-refractivity contribution in [3.8, 4) is 0 Å². The van der Waals surface area contributed by atoms with Crippen LogP contribution in [0.1, 0.15) is 45.0 Å². The minimum absolute atomic E-state index is 0.0626. The third-order valence-corrected chi connectivity index (χ3v) is 4.65. The number of aromatic nitrogens is 2. The first-order valence-electron chi connectivity index (χ1n) is 7.47. The summed E-state index contributed by atoms with van der Waals surface area (Å²) in [5.74, 6) is 0. The molecule has 1 fully saturated rings. The van der Waals surface area contributed by atoms with Gasteiger partial charge in [-0.05, 0) is 52.3 Å². The second kappa shape index (κ2) is 5.63. The van der Waals surface area contributed by atoms with Crippen LogP contribution in [-0.2, 0) is 19.9 Å². The van der Waals surface area contributed by atoms with Crippen LogP contribution in [0.15, 0.2) is 6.07 Å². The van der Waals surface area contributed by atoms with E-state index >= 15 is 0 Å². The Bertz CT molecular complexity index is 416. The highest BCUT2D eigenvalue weighted by Crippen LogP contribution is 2.25. The fourth-order valence-electron chi connectivity index (χ4n) is 2.94. The van der Waals surface area contributed by atoms with Gasteiger partial charge in [-0.25, -0.2) is 0 Å². The smallest absolute Gasteiger partial charge is 0.0624 e. The molecule has 0 spiro atoms. The predicted octanol–water partition coefficient (Wildman–Crippen LogP) is 1.73. The van der Waals surface area contributed by atoms with E-state index in [0.29, 0.717) is 0 Å². The molecule has 1 aliphatic rings. The minimum Gasteiger partial charge on any atom is -0.326 e. The fourth-order valence-corrected chi connectivity index (χ4v) is 2.94. The van der Waals surface area contributed by atoms with E-state index in [2.05, 4.69) is 36.8 Å². The summed E-state index contributed by atoms with van der Waals surface area (Å²) in [6.07, 6.45) is 4.50. The molecule has 4 heteroatoms. The average Bonchev–Trinajstić information content (AvgIpc) is 2.99. The summed E-state index contributed by atoms with van der Waals surface area (Å²) in [4.78, 5) is 2.54. The molecule has 0 aliphatic carbocycles. The Hall–Kier alpha value is -0.870. The molecule has 0 aromatic carbocycles. The molecule has 1 atom stereocenters. The van der Waals surface area contributed by atoms with Gasteiger partial charge in [0.2, 0.25) is 0 Å². The Labute approximate surface area is 117 Å². The van der Waals surface area contributed by atoms with Crippen molar-refractivity contribution in [2.45, 2.75) is 58.0 Å². The first kappa shape index (κ1) is 14.5. The Morgan fingerprint density at radius 3 is 2.53 bits per heavy atom. The molecule has 0 amide bonds. The molecule has 2 heterocycles. The van der Waals surface area contributed by atoms with Crippen molar-refractivity contribution >= 4 is 0 Å². The van der Waals surface area contributed by atoms with E-state index in [-0.39, 0.29) is 11.6 Å². The summed E-state index contributed by atoms with van der Waals surface area (Å²) in [6.45, 7) is 9.07. The van der Waals surface area contributed by atoms with Crippen LogP contribution in [0.25, 0.3) is 0 Å². The van der Waals surface area contributed by atoms with Gasteiger partial charge in [-0.15, -0.1) is 0 Å². The fraction of sp³-hybridized carbons (Fsp3) is 0.800.